The number of aliphatic carboxylic acids is 1. The van der Waals surface area contributed by atoms with Gasteiger partial charge in [-0.1, -0.05) is 0 Å². The molecule has 0 amide bonds. The minimum Gasteiger partial charge on any atom is -0.481 e. The van der Waals surface area contributed by atoms with Crippen LogP contribution < -0.4 is 0 Å². The molecular weight excluding hydrogens is 173 g/mol. The number of alkyl halides is 3. The van der Waals surface area contributed by atoms with Gasteiger partial charge in [0.2, 0.25) is 0 Å². The van der Waals surface area contributed by atoms with E-state index in [4.69, 9.17) is 5.11 Å². The van der Waals surface area contributed by atoms with Crippen LogP contribution in [0.1, 0.15) is 6.42 Å². The van der Waals surface area contributed by atoms with Crippen LogP contribution in [-0.4, -0.2) is 17.3 Å². The summed E-state index contributed by atoms with van der Waals surface area (Å²) in [5, 5.41) is 8.45. The Hall–Kier alpha value is -0.740. The van der Waals surface area contributed by atoms with Crippen molar-refractivity contribution in [2.45, 2.75) is 12.6 Å². The second-order valence-electron chi connectivity index (χ2n) is 3.49. The molecule has 5 heteroatoms. The van der Waals surface area contributed by atoms with Crippen LogP contribution in [0.2, 0.25) is 0 Å². The number of carboxylic acid groups (broad SMARTS) is 1. The van der Waals surface area contributed by atoms with E-state index in [9.17, 15) is 18.0 Å². The summed E-state index contributed by atoms with van der Waals surface area (Å²) in [6.45, 7) is 0. The molecular formula is C7H7F3O2. The fourth-order valence-electron chi connectivity index (χ4n) is 2.30. The molecule has 0 spiro atoms. The molecule has 0 heterocycles. The number of hydrogen-bond donors (Lipinski definition) is 1. The van der Waals surface area contributed by atoms with Gasteiger partial charge in [0.15, 0.2) is 0 Å². The first-order valence-electron chi connectivity index (χ1n) is 3.72. The van der Waals surface area contributed by atoms with Gasteiger partial charge in [0.25, 0.3) is 0 Å². The first kappa shape index (κ1) is 7.89. The third-order valence-electron chi connectivity index (χ3n) is 3.05. The van der Waals surface area contributed by atoms with E-state index in [1.807, 2.05) is 0 Å². The molecule has 3 fully saturated rings. The molecule has 3 saturated carbocycles. The van der Waals surface area contributed by atoms with Gasteiger partial charge in [-0.05, 0) is 18.3 Å². The zero-order valence-corrected chi connectivity index (χ0v) is 6.01. The largest absolute Gasteiger partial charge is 0.481 e. The Labute approximate surface area is 66.4 Å². The summed E-state index contributed by atoms with van der Waals surface area (Å²) in [7, 11) is 0. The number of carbonyl (C=O) groups is 1. The van der Waals surface area contributed by atoms with Crippen molar-refractivity contribution in [2.75, 3.05) is 0 Å². The van der Waals surface area contributed by atoms with Gasteiger partial charge in [-0.2, -0.15) is 13.2 Å². The van der Waals surface area contributed by atoms with Crippen molar-refractivity contribution >= 4 is 5.97 Å². The SMILES string of the molecule is O=C(O)C1C2CC1C2C(F)(F)F. The summed E-state index contributed by atoms with van der Waals surface area (Å²) in [4.78, 5) is 10.3. The van der Waals surface area contributed by atoms with E-state index in [0.717, 1.165) is 0 Å². The highest BCUT2D eigenvalue weighted by molar-refractivity contribution is 5.74. The molecule has 0 aromatic carbocycles. The summed E-state index contributed by atoms with van der Waals surface area (Å²) >= 11 is 0. The molecule has 2 atom stereocenters. The van der Waals surface area contributed by atoms with Gasteiger partial charge in [0, 0.05) is 0 Å². The fraction of sp³-hybridized carbons (Fsp3) is 0.857. The van der Waals surface area contributed by atoms with E-state index >= 15 is 0 Å². The van der Waals surface area contributed by atoms with Crippen LogP contribution in [0, 0.1) is 23.7 Å². The van der Waals surface area contributed by atoms with Gasteiger partial charge < -0.3 is 5.11 Å². The second kappa shape index (κ2) is 1.95. The van der Waals surface area contributed by atoms with Crippen molar-refractivity contribution in [3.8, 4) is 0 Å². The Kier molecular flexibility index (Phi) is 1.28. The summed E-state index contributed by atoms with van der Waals surface area (Å²) in [6.07, 6.45) is -3.74. The first-order chi connectivity index (χ1) is 5.43. The maximum Gasteiger partial charge on any atom is 0.392 e. The molecule has 1 N–H and O–H groups in total. The number of halogens is 3. The molecule has 0 aliphatic heterocycles. The standard InChI is InChI=1S/C7H7F3O2/c8-7(9,10)5-2-1-3(5)4(2)6(11)12/h2-5H,1H2,(H,11,12). The predicted octanol–water partition coefficient (Wildman–Crippen LogP) is 1.52. The Balaban J connectivity index is 2.02. The van der Waals surface area contributed by atoms with Gasteiger partial charge in [-0.25, -0.2) is 0 Å². The van der Waals surface area contributed by atoms with E-state index in [0.29, 0.717) is 6.42 Å². The Morgan fingerprint density at radius 1 is 1.33 bits per heavy atom. The van der Waals surface area contributed by atoms with Gasteiger partial charge in [0.05, 0.1) is 11.8 Å². The lowest BCUT2D eigenvalue weighted by Crippen LogP contribution is -2.66. The quantitative estimate of drug-likeness (QED) is 0.664. The number of rotatable bonds is 1. The molecule has 3 aliphatic rings. The van der Waals surface area contributed by atoms with Crippen molar-refractivity contribution in [1.29, 1.82) is 0 Å². The lowest BCUT2D eigenvalue weighted by Gasteiger charge is -2.62. The zero-order chi connectivity index (χ0) is 9.09. The van der Waals surface area contributed by atoms with Gasteiger partial charge in [-0.3, -0.25) is 4.79 Å². The second-order valence-corrected chi connectivity index (χ2v) is 3.49. The maximum absolute atomic E-state index is 12.0. The highest BCUT2D eigenvalue weighted by atomic mass is 19.4. The van der Waals surface area contributed by atoms with Crippen LogP contribution in [0.25, 0.3) is 0 Å². The Morgan fingerprint density at radius 2 is 1.83 bits per heavy atom. The van der Waals surface area contributed by atoms with E-state index in [1.54, 1.807) is 0 Å². The predicted molar refractivity (Wildman–Crippen MR) is 32.3 cm³/mol. The van der Waals surface area contributed by atoms with E-state index < -0.39 is 35.8 Å². The summed E-state index contributed by atoms with van der Waals surface area (Å²) in [5.41, 5.74) is 0. The molecule has 0 aromatic heterocycles. The normalized spacial score (nSPS) is 44.6. The topological polar surface area (TPSA) is 37.3 Å². The molecule has 3 aliphatic carbocycles. The average molecular weight is 180 g/mol. The lowest BCUT2D eigenvalue weighted by atomic mass is 9.41. The molecule has 12 heavy (non-hydrogen) atoms. The summed E-state index contributed by atoms with van der Waals surface area (Å²) in [5.74, 6) is -4.37. The van der Waals surface area contributed by atoms with Crippen molar-refractivity contribution in [3.63, 3.8) is 0 Å². The van der Waals surface area contributed by atoms with Gasteiger partial charge >= 0.3 is 12.1 Å². The van der Waals surface area contributed by atoms with E-state index in [2.05, 4.69) is 0 Å². The number of hydrogen-bond acceptors (Lipinski definition) is 1. The summed E-state index contributed by atoms with van der Waals surface area (Å²) in [6, 6.07) is 0. The molecule has 68 valence electrons. The first-order valence-corrected chi connectivity index (χ1v) is 3.72. The van der Waals surface area contributed by atoms with Crippen LogP contribution >= 0.6 is 0 Å². The van der Waals surface area contributed by atoms with Crippen LogP contribution in [0.15, 0.2) is 0 Å². The van der Waals surface area contributed by atoms with Crippen molar-refractivity contribution in [3.05, 3.63) is 0 Å². The highest BCUT2D eigenvalue weighted by Crippen LogP contribution is 2.67. The highest BCUT2D eigenvalue weighted by Gasteiger charge is 2.72. The van der Waals surface area contributed by atoms with E-state index in [-0.39, 0.29) is 0 Å². The van der Waals surface area contributed by atoms with Crippen molar-refractivity contribution in [2.24, 2.45) is 23.7 Å². The third-order valence-corrected chi connectivity index (χ3v) is 3.05. The third kappa shape index (κ3) is 0.738. The minimum atomic E-state index is -4.18. The van der Waals surface area contributed by atoms with Crippen molar-refractivity contribution in [1.82, 2.24) is 0 Å². The molecule has 2 unspecified atom stereocenters. The lowest BCUT2D eigenvalue weighted by molar-refractivity contribution is -0.310. The zero-order valence-electron chi connectivity index (χ0n) is 6.01. The molecule has 0 radical (unpaired) electrons. The van der Waals surface area contributed by atoms with E-state index in [1.165, 1.54) is 0 Å². The van der Waals surface area contributed by atoms with Crippen LogP contribution in [0.5, 0.6) is 0 Å². The van der Waals surface area contributed by atoms with Crippen LogP contribution in [0.4, 0.5) is 13.2 Å². The van der Waals surface area contributed by atoms with Crippen LogP contribution in [0.3, 0.4) is 0 Å². The molecule has 2 bridgehead atoms. The molecule has 3 rings (SSSR count). The molecule has 2 nitrogen and oxygen atoms in total. The minimum absolute atomic E-state index is 0.446. The summed E-state index contributed by atoms with van der Waals surface area (Å²) < 4.78 is 36.1. The molecule has 0 saturated heterocycles. The Morgan fingerprint density at radius 3 is 2.08 bits per heavy atom. The van der Waals surface area contributed by atoms with Crippen molar-refractivity contribution < 1.29 is 23.1 Å². The molecule has 0 aromatic rings. The Bertz CT molecular complexity index is 225. The fourth-order valence-corrected chi connectivity index (χ4v) is 2.30. The number of carboxylic acids is 1. The smallest absolute Gasteiger partial charge is 0.392 e. The van der Waals surface area contributed by atoms with Gasteiger partial charge in [0.1, 0.15) is 0 Å². The average Bonchev–Trinajstić information content (AvgIpc) is 1.44. The van der Waals surface area contributed by atoms with Gasteiger partial charge in [-0.15, -0.1) is 0 Å². The monoisotopic (exact) mass is 180 g/mol. The maximum atomic E-state index is 12.0. The van der Waals surface area contributed by atoms with Crippen LogP contribution in [-0.2, 0) is 4.79 Å².